The molecule has 120 valence electrons. The van der Waals surface area contributed by atoms with Crippen LogP contribution in [0.15, 0.2) is 29.0 Å². The zero-order valence-corrected chi connectivity index (χ0v) is 14.2. The van der Waals surface area contributed by atoms with Crippen molar-refractivity contribution in [2.75, 3.05) is 31.1 Å². The molecule has 0 radical (unpaired) electrons. The predicted octanol–water partition coefficient (Wildman–Crippen LogP) is 2.38. The van der Waals surface area contributed by atoms with Crippen LogP contribution in [0.3, 0.4) is 0 Å². The van der Waals surface area contributed by atoms with E-state index in [-0.39, 0.29) is 0 Å². The Labute approximate surface area is 139 Å². The fourth-order valence-electron chi connectivity index (χ4n) is 2.99. The molecular weight excluding hydrogens is 308 g/mol. The second-order valence-corrected chi connectivity index (χ2v) is 6.89. The van der Waals surface area contributed by atoms with Gasteiger partial charge in [0, 0.05) is 43.2 Å². The van der Waals surface area contributed by atoms with Crippen LogP contribution in [0, 0.1) is 0 Å². The van der Waals surface area contributed by atoms with E-state index in [2.05, 4.69) is 45.3 Å². The maximum atomic E-state index is 4.79. The van der Waals surface area contributed by atoms with Crippen molar-refractivity contribution in [3.63, 3.8) is 0 Å². The van der Waals surface area contributed by atoms with Gasteiger partial charge >= 0.3 is 0 Å². The molecule has 4 rings (SSSR count). The quantitative estimate of drug-likeness (QED) is 0.739. The molecule has 0 amide bonds. The molecule has 0 unspecified atom stereocenters. The number of fused-ring (bicyclic) bond motifs is 1. The Balaban J connectivity index is 1.63. The molecule has 0 spiro atoms. The van der Waals surface area contributed by atoms with Gasteiger partial charge in [-0.15, -0.1) is 15.3 Å². The average molecular weight is 328 g/mol. The van der Waals surface area contributed by atoms with Crippen molar-refractivity contribution in [2.45, 2.75) is 19.9 Å². The van der Waals surface area contributed by atoms with Gasteiger partial charge in [-0.2, -0.15) is 15.9 Å². The minimum Gasteiger partial charge on any atom is -0.353 e. The van der Waals surface area contributed by atoms with Crippen LogP contribution < -0.4 is 4.90 Å². The van der Waals surface area contributed by atoms with Crippen LogP contribution in [0.25, 0.3) is 17.0 Å². The highest BCUT2D eigenvalue weighted by Crippen LogP contribution is 2.22. The average Bonchev–Trinajstić information content (AvgIpc) is 3.23. The SMILES string of the molecule is CC(C)N1CCN(c2ccc3nnc(-c4ccsc4)n3n2)CC1. The molecular formula is C16H20N6S. The lowest BCUT2D eigenvalue weighted by molar-refractivity contribution is 0.209. The van der Waals surface area contributed by atoms with Crippen LogP contribution in [0.4, 0.5) is 5.82 Å². The first-order valence-electron chi connectivity index (χ1n) is 7.96. The molecule has 1 fully saturated rings. The van der Waals surface area contributed by atoms with Crippen molar-refractivity contribution in [3.8, 4) is 11.4 Å². The number of anilines is 1. The summed E-state index contributed by atoms with van der Waals surface area (Å²) in [7, 11) is 0. The molecule has 23 heavy (non-hydrogen) atoms. The highest BCUT2D eigenvalue weighted by Gasteiger charge is 2.20. The summed E-state index contributed by atoms with van der Waals surface area (Å²) in [5.41, 5.74) is 1.85. The molecule has 1 saturated heterocycles. The first-order chi connectivity index (χ1) is 11.2. The zero-order chi connectivity index (χ0) is 15.8. The van der Waals surface area contributed by atoms with Gasteiger partial charge in [0.1, 0.15) is 5.82 Å². The van der Waals surface area contributed by atoms with E-state index in [9.17, 15) is 0 Å². The first-order valence-corrected chi connectivity index (χ1v) is 8.91. The third-order valence-electron chi connectivity index (χ3n) is 4.40. The molecule has 0 N–H and O–H groups in total. The van der Waals surface area contributed by atoms with Gasteiger partial charge in [-0.05, 0) is 37.4 Å². The second kappa shape index (κ2) is 5.90. The van der Waals surface area contributed by atoms with E-state index >= 15 is 0 Å². The highest BCUT2D eigenvalue weighted by molar-refractivity contribution is 7.08. The minimum atomic E-state index is 0.607. The Hall–Kier alpha value is -1.99. The number of piperazine rings is 1. The van der Waals surface area contributed by atoms with E-state index in [4.69, 9.17) is 5.10 Å². The summed E-state index contributed by atoms with van der Waals surface area (Å²) in [5, 5.41) is 17.4. The fourth-order valence-corrected chi connectivity index (χ4v) is 3.62. The molecule has 0 bridgehead atoms. The van der Waals surface area contributed by atoms with Gasteiger partial charge in [-0.25, -0.2) is 0 Å². The van der Waals surface area contributed by atoms with Crippen molar-refractivity contribution in [3.05, 3.63) is 29.0 Å². The van der Waals surface area contributed by atoms with E-state index in [0.717, 1.165) is 49.0 Å². The van der Waals surface area contributed by atoms with Gasteiger partial charge in [-0.3, -0.25) is 4.90 Å². The highest BCUT2D eigenvalue weighted by atomic mass is 32.1. The summed E-state index contributed by atoms with van der Waals surface area (Å²) in [4.78, 5) is 4.85. The van der Waals surface area contributed by atoms with Crippen LogP contribution in [0.2, 0.25) is 0 Å². The molecule has 1 aliphatic rings. The third kappa shape index (κ3) is 2.70. The predicted molar refractivity (Wildman–Crippen MR) is 93.0 cm³/mol. The summed E-state index contributed by atoms with van der Waals surface area (Å²) >= 11 is 1.66. The van der Waals surface area contributed by atoms with Crippen LogP contribution in [0.1, 0.15) is 13.8 Å². The number of rotatable bonds is 3. The lowest BCUT2D eigenvalue weighted by Gasteiger charge is -2.37. The number of aromatic nitrogens is 4. The van der Waals surface area contributed by atoms with Crippen molar-refractivity contribution < 1.29 is 0 Å². The molecule has 0 saturated carbocycles. The number of nitrogens with zero attached hydrogens (tertiary/aromatic N) is 6. The summed E-state index contributed by atoms with van der Waals surface area (Å²) in [5.74, 6) is 1.81. The lowest BCUT2D eigenvalue weighted by atomic mass is 10.2. The maximum absolute atomic E-state index is 4.79. The normalized spacial score (nSPS) is 16.6. The lowest BCUT2D eigenvalue weighted by Crippen LogP contribution is -2.49. The molecule has 4 heterocycles. The van der Waals surface area contributed by atoms with Crippen LogP contribution in [0.5, 0.6) is 0 Å². The molecule has 3 aromatic rings. The molecule has 6 nitrogen and oxygen atoms in total. The van der Waals surface area contributed by atoms with Gasteiger partial charge in [0.05, 0.1) is 0 Å². The Kier molecular flexibility index (Phi) is 3.74. The number of hydrogen-bond donors (Lipinski definition) is 0. The fraction of sp³-hybridized carbons (Fsp3) is 0.438. The summed E-state index contributed by atoms with van der Waals surface area (Å²) < 4.78 is 1.85. The summed E-state index contributed by atoms with van der Waals surface area (Å²) in [6, 6.07) is 6.71. The Morgan fingerprint density at radius 1 is 1.04 bits per heavy atom. The minimum absolute atomic E-state index is 0.607. The topological polar surface area (TPSA) is 49.6 Å². The first kappa shape index (κ1) is 14.6. The number of hydrogen-bond acceptors (Lipinski definition) is 6. The Bertz CT molecular complexity index is 786. The van der Waals surface area contributed by atoms with Crippen molar-refractivity contribution in [1.29, 1.82) is 0 Å². The molecule has 1 aliphatic heterocycles. The Morgan fingerprint density at radius 3 is 2.57 bits per heavy atom. The Morgan fingerprint density at radius 2 is 1.87 bits per heavy atom. The van der Waals surface area contributed by atoms with Crippen molar-refractivity contribution in [2.24, 2.45) is 0 Å². The maximum Gasteiger partial charge on any atom is 0.186 e. The van der Waals surface area contributed by atoms with Crippen LogP contribution in [-0.2, 0) is 0 Å². The standard InChI is InChI=1S/C16H20N6S/c1-12(2)20-6-8-21(9-7-20)15-4-3-14-17-18-16(22(14)19-15)13-5-10-23-11-13/h3-5,10-12H,6-9H2,1-2H3. The van der Waals surface area contributed by atoms with E-state index in [1.807, 2.05) is 22.0 Å². The molecule has 0 aliphatic carbocycles. The smallest absolute Gasteiger partial charge is 0.186 e. The van der Waals surface area contributed by atoms with E-state index < -0.39 is 0 Å². The van der Waals surface area contributed by atoms with Gasteiger partial charge in [0.2, 0.25) is 0 Å². The second-order valence-electron chi connectivity index (χ2n) is 6.11. The molecule has 0 atom stereocenters. The van der Waals surface area contributed by atoms with Gasteiger partial charge in [0.25, 0.3) is 0 Å². The number of thiophene rings is 1. The van der Waals surface area contributed by atoms with E-state index in [1.165, 1.54) is 0 Å². The van der Waals surface area contributed by atoms with Gasteiger partial charge in [-0.1, -0.05) is 0 Å². The largest absolute Gasteiger partial charge is 0.353 e. The van der Waals surface area contributed by atoms with Crippen LogP contribution in [-0.4, -0.2) is 56.9 Å². The molecule has 0 aromatic carbocycles. The van der Waals surface area contributed by atoms with Crippen molar-refractivity contribution >= 4 is 22.8 Å². The van der Waals surface area contributed by atoms with Crippen LogP contribution >= 0.6 is 11.3 Å². The summed E-state index contributed by atoms with van der Waals surface area (Å²) in [6.45, 7) is 8.68. The third-order valence-corrected chi connectivity index (χ3v) is 5.08. The molecule has 7 heteroatoms. The van der Waals surface area contributed by atoms with Crippen molar-refractivity contribution in [1.82, 2.24) is 24.7 Å². The van der Waals surface area contributed by atoms with E-state index in [0.29, 0.717) is 6.04 Å². The van der Waals surface area contributed by atoms with E-state index in [1.54, 1.807) is 11.3 Å². The molecule has 3 aromatic heterocycles. The monoisotopic (exact) mass is 328 g/mol. The van der Waals surface area contributed by atoms with Gasteiger partial charge < -0.3 is 4.90 Å². The zero-order valence-electron chi connectivity index (χ0n) is 13.4. The van der Waals surface area contributed by atoms with Gasteiger partial charge in [0.15, 0.2) is 11.5 Å². The summed E-state index contributed by atoms with van der Waals surface area (Å²) in [6.07, 6.45) is 0.